The minimum absolute atomic E-state index is 0. The largest absolute Gasteiger partial charge is 0.493 e. The third-order valence-electron chi connectivity index (χ3n) is 4.54. The normalized spacial score (nSPS) is 15.7. The second-order valence-electron chi connectivity index (χ2n) is 6.64. The van der Waals surface area contributed by atoms with Crippen molar-refractivity contribution in [2.45, 2.75) is 38.8 Å². The van der Waals surface area contributed by atoms with Crippen molar-refractivity contribution >= 4 is 36.0 Å². The van der Waals surface area contributed by atoms with Crippen LogP contribution in [0.3, 0.4) is 0 Å². The lowest BCUT2D eigenvalue weighted by Crippen LogP contribution is -2.50. The van der Waals surface area contributed by atoms with Crippen molar-refractivity contribution in [3.63, 3.8) is 0 Å². The van der Waals surface area contributed by atoms with E-state index in [0.29, 0.717) is 37.7 Å². The molecule has 0 radical (unpaired) electrons. The van der Waals surface area contributed by atoms with Gasteiger partial charge in [0, 0.05) is 26.2 Å². The maximum atomic E-state index is 11.8. The van der Waals surface area contributed by atoms with Crippen molar-refractivity contribution in [3.8, 4) is 11.5 Å². The molecule has 0 spiro atoms. The molecule has 1 aromatic rings. The van der Waals surface area contributed by atoms with E-state index < -0.39 is 0 Å². The molecule has 1 aromatic carbocycles. The third kappa shape index (κ3) is 8.15. The fourth-order valence-corrected chi connectivity index (χ4v) is 3.02. The van der Waals surface area contributed by atoms with Crippen LogP contribution in [0.4, 0.5) is 4.79 Å². The van der Waals surface area contributed by atoms with Crippen molar-refractivity contribution in [2.75, 3.05) is 40.4 Å². The molecule has 1 fully saturated rings. The minimum atomic E-state index is -0.231. The third-order valence-corrected chi connectivity index (χ3v) is 4.54. The van der Waals surface area contributed by atoms with E-state index in [0.717, 1.165) is 18.8 Å². The molecule has 1 saturated heterocycles. The second-order valence-corrected chi connectivity index (χ2v) is 6.64. The van der Waals surface area contributed by atoms with Gasteiger partial charge >= 0.3 is 6.09 Å². The molecule has 1 atom stereocenters. The highest BCUT2D eigenvalue weighted by Crippen LogP contribution is 2.26. The smallest absolute Gasteiger partial charge is 0.409 e. The minimum Gasteiger partial charge on any atom is -0.493 e. The van der Waals surface area contributed by atoms with Gasteiger partial charge in [0.15, 0.2) is 17.5 Å². The Morgan fingerprint density at radius 3 is 2.52 bits per heavy atom. The zero-order chi connectivity index (χ0) is 20.4. The summed E-state index contributed by atoms with van der Waals surface area (Å²) < 4.78 is 16.3. The first-order valence-corrected chi connectivity index (χ1v) is 9.75. The van der Waals surface area contributed by atoms with Crippen LogP contribution in [0.15, 0.2) is 29.3 Å². The molecule has 9 heteroatoms. The van der Waals surface area contributed by atoms with Gasteiger partial charge in [-0.05, 0) is 38.8 Å². The summed E-state index contributed by atoms with van der Waals surface area (Å²) in [5.41, 5.74) is 0. The number of rotatable bonds is 7. The fraction of sp³-hybridized carbons (Fsp3) is 0.600. The summed E-state index contributed by atoms with van der Waals surface area (Å²) in [6, 6.07) is 7.86. The summed E-state index contributed by atoms with van der Waals surface area (Å²) in [5, 5.41) is 6.72. The van der Waals surface area contributed by atoms with Crippen LogP contribution in [0, 0.1) is 0 Å². The number of halogens is 1. The maximum absolute atomic E-state index is 11.8. The van der Waals surface area contributed by atoms with E-state index in [-0.39, 0.29) is 42.2 Å². The van der Waals surface area contributed by atoms with Crippen LogP contribution in [0.25, 0.3) is 0 Å². The number of hydrogen-bond acceptors (Lipinski definition) is 5. The fourth-order valence-electron chi connectivity index (χ4n) is 3.02. The lowest BCUT2D eigenvalue weighted by atomic mass is 10.1. The summed E-state index contributed by atoms with van der Waals surface area (Å²) in [7, 11) is 3.37. The second kappa shape index (κ2) is 13.3. The topological polar surface area (TPSA) is 84.4 Å². The molecule has 164 valence electrons. The number of benzene rings is 1. The van der Waals surface area contributed by atoms with Gasteiger partial charge in [-0.15, -0.1) is 24.0 Å². The number of carbonyl (C=O) groups excluding carboxylic acids is 1. The molecule has 0 aliphatic carbocycles. The Morgan fingerprint density at radius 1 is 1.28 bits per heavy atom. The molecular formula is C20H33IN4O4. The van der Waals surface area contributed by atoms with E-state index in [1.165, 1.54) is 0 Å². The van der Waals surface area contributed by atoms with Gasteiger partial charge in [0.2, 0.25) is 0 Å². The maximum Gasteiger partial charge on any atom is 0.409 e. The van der Waals surface area contributed by atoms with Gasteiger partial charge in [-0.25, -0.2) is 4.79 Å². The predicted molar refractivity (Wildman–Crippen MR) is 125 cm³/mol. The number of aliphatic imine (C=N–C) groups is 1. The van der Waals surface area contributed by atoms with Crippen LogP contribution < -0.4 is 20.1 Å². The highest BCUT2D eigenvalue weighted by atomic mass is 127. The number of piperidine rings is 1. The number of amides is 1. The molecule has 0 bridgehead atoms. The summed E-state index contributed by atoms with van der Waals surface area (Å²) in [4.78, 5) is 17.8. The summed E-state index contributed by atoms with van der Waals surface area (Å²) in [6.45, 7) is 6.18. The van der Waals surface area contributed by atoms with Crippen molar-refractivity contribution in [3.05, 3.63) is 24.3 Å². The average molecular weight is 520 g/mol. The van der Waals surface area contributed by atoms with Crippen molar-refractivity contribution in [1.29, 1.82) is 0 Å². The number of carbonyl (C=O) groups is 1. The van der Waals surface area contributed by atoms with E-state index in [4.69, 9.17) is 14.2 Å². The molecule has 1 unspecified atom stereocenters. The Kier molecular flexibility index (Phi) is 11.6. The van der Waals surface area contributed by atoms with E-state index in [1.54, 1.807) is 19.1 Å². The number of likely N-dealkylation sites (tertiary alicyclic amines) is 1. The lowest BCUT2D eigenvalue weighted by Gasteiger charge is -2.32. The molecule has 1 amide bonds. The highest BCUT2D eigenvalue weighted by molar-refractivity contribution is 14.0. The monoisotopic (exact) mass is 520 g/mol. The van der Waals surface area contributed by atoms with Crippen molar-refractivity contribution < 1.29 is 19.0 Å². The van der Waals surface area contributed by atoms with Crippen molar-refractivity contribution in [2.24, 2.45) is 4.99 Å². The number of para-hydroxylation sites is 2. The number of methoxy groups -OCH3 is 1. The average Bonchev–Trinajstić information content (AvgIpc) is 2.72. The quantitative estimate of drug-likeness (QED) is 0.327. The molecule has 0 aromatic heterocycles. The molecule has 1 aliphatic heterocycles. The summed E-state index contributed by atoms with van der Waals surface area (Å²) in [5.74, 6) is 2.16. The Morgan fingerprint density at radius 2 is 1.93 bits per heavy atom. The number of guanidine groups is 1. The molecule has 0 saturated carbocycles. The molecule has 1 aliphatic rings. The van der Waals surface area contributed by atoms with Crippen LogP contribution in [0.2, 0.25) is 0 Å². The van der Waals surface area contributed by atoms with E-state index >= 15 is 0 Å². The van der Waals surface area contributed by atoms with Gasteiger partial charge < -0.3 is 29.7 Å². The van der Waals surface area contributed by atoms with Crippen LogP contribution in [-0.4, -0.2) is 69.5 Å². The molecule has 29 heavy (non-hydrogen) atoms. The Hall–Kier alpha value is -1.91. The first-order chi connectivity index (χ1) is 13.6. The first kappa shape index (κ1) is 25.1. The molecule has 2 rings (SSSR count). The van der Waals surface area contributed by atoms with Gasteiger partial charge in [-0.1, -0.05) is 12.1 Å². The molecular weight excluding hydrogens is 487 g/mol. The standard InChI is InChI=1S/C20H32N4O4.HI/c1-5-27-20(25)24-12-10-16(11-13-24)23-19(21-3)22-14-15(2)28-18-9-7-6-8-17(18)26-4;/h6-9,15-16H,5,10-14H2,1-4H3,(H2,21,22,23);1H. The Labute approximate surface area is 190 Å². The number of ether oxygens (including phenoxy) is 3. The zero-order valence-electron chi connectivity index (χ0n) is 17.6. The Bertz CT molecular complexity index is 651. The number of hydrogen-bond donors (Lipinski definition) is 2. The lowest BCUT2D eigenvalue weighted by molar-refractivity contribution is 0.0963. The van der Waals surface area contributed by atoms with Crippen LogP contribution in [0.5, 0.6) is 11.5 Å². The highest BCUT2D eigenvalue weighted by Gasteiger charge is 2.24. The number of nitrogens with one attached hydrogen (secondary N) is 2. The molecule has 2 N–H and O–H groups in total. The SMILES string of the molecule is CCOC(=O)N1CCC(NC(=NC)NCC(C)Oc2ccccc2OC)CC1.I. The van der Waals surface area contributed by atoms with Gasteiger partial charge in [0.1, 0.15) is 6.10 Å². The summed E-state index contributed by atoms with van der Waals surface area (Å²) in [6.07, 6.45) is 1.41. The van der Waals surface area contributed by atoms with E-state index in [9.17, 15) is 4.79 Å². The Balaban J connectivity index is 0.00000420. The van der Waals surface area contributed by atoms with E-state index in [2.05, 4.69) is 15.6 Å². The summed E-state index contributed by atoms with van der Waals surface area (Å²) >= 11 is 0. The number of nitrogens with zero attached hydrogens (tertiary/aromatic N) is 2. The van der Waals surface area contributed by atoms with Gasteiger partial charge in [-0.3, -0.25) is 4.99 Å². The van der Waals surface area contributed by atoms with Crippen LogP contribution in [0.1, 0.15) is 26.7 Å². The van der Waals surface area contributed by atoms with Gasteiger partial charge in [-0.2, -0.15) is 0 Å². The molecule has 1 heterocycles. The molecule has 8 nitrogen and oxygen atoms in total. The van der Waals surface area contributed by atoms with Crippen LogP contribution >= 0.6 is 24.0 Å². The van der Waals surface area contributed by atoms with Crippen LogP contribution in [-0.2, 0) is 4.74 Å². The zero-order valence-corrected chi connectivity index (χ0v) is 20.0. The van der Waals surface area contributed by atoms with Crippen molar-refractivity contribution in [1.82, 2.24) is 15.5 Å². The first-order valence-electron chi connectivity index (χ1n) is 9.75. The van der Waals surface area contributed by atoms with Gasteiger partial charge in [0.25, 0.3) is 0 Å². The predicted octanol–water partition coefficient (Wildman–Crippen LogP) is 2.87. The van der Waals surface area contributed by atoms with Gasteiger partial charge in [0.05, 0.1) is 20.3 Å². The van der Waals surface area contributed by atoms with E-state index in [1.807, 2.05) is 38.1 Å².